The van der Waals surface area contributed by atoms with Crippen molar-refractivity contribution in [2.75, 3.05) is 0 Å². The van der Waals surface area contributed by atoms with E-state index in [4.69, 9.17) is 9.31 Å². The quantitative estimate of drug-likeness (QED) is 0.562. The second-order valence-corrected chi connectivity index (χ2v) is 8.60. The molecule has 0 N–H and O–H groups in total. The van der Waals surface area contributed by atoms with E-state index < -0.39 is 0 Å². The molecule has 0 radical (unpaired) electrons. The van der Waals surface area contributed by atoms with Gasteiger partial charge in [-0.05, 0) is 51.8 Å². The van der Waals surface area contributed by atoms with Gasteiger partial charge in [0.2, 0.25) is 0 Å². The molecule has 0 aromatic heterocycles. The molecule has 1 saturated heterocycles. The summed E-state index contributed by atoms with van der Waals surface area (Å²) < 4.78 is 12.7. The van der Waals surface area contributed by atoms with Crippen LogP contribution in [0.4, 0.5) is 0 Å². The highest BCUT2D eigenvalue weighted by atomic mass is 32.2. The average Bonchev–Trinajstić information content (AvgIpc) is 2.77. The molecule has 1 fully saturated rings. The molecular formula is C20H25BO2S. The van der Waals surface area contributed by atoms with Gasteiger partial charge in [0.25, 0.3) is 0 Å². The van der Waals surface area contributed by atoms with E-state index in [0.29, 0.717) is 0 Å². The molecule has 24 heavy (non-hydrogen) atoms. The summed E-state index contributed by atoms with van der Waals surface area (Å²) in [6.07, 6.45) is 0.914. The minimum absolute atomic E-state index is 0.204. The zero-order valence-electron chi connectivity index (χ0n) is 14.9. The van der Waals surface area contributed by atoms with E-state index in [2.05, 4.69) is 82.3 Å². The summed E-state index contributed by atoms with van der Waals surface area (Å²) in [5, 5.41) is 0.204. The van der Waals surface area contributed by atoms with Gasteiger partial charge in [0.15, 0.2) is 0 Å². The highest BCUT2D eigenvalue weighted by molar-refractivity contribution is 8.01. The van der Waals surface area contributed by atoms with Gasteiger partial charge in [-0.25, -0.2) is 0 Å². The van der Waals surface area contributed by atoms with Gasteiger partial charge in [-0.1, -0.05) is 48.5 Å². The third-order valence-corrected chi connectivity index (χ3v) is 6.12. The van der Waals surface area contributed by atoms with Crippen molar-refractivity contribution in [2.45, 2.75) is 55.4 Å². The lowest BCUT2D eigenvalue weighted by molar-refractivity contribution is 0.00578. The Labute approximate surface area is 150 Å². The monoisotopic (exact) mass is 340 g/mol. The number of rotatable bonds is 5. The smallest absolute Gasteiger partial charge is 0.402 e. The van der Waals surface area contributed by atoms with Crippen molar-refractivity contribution in [2.24, 2.45) is 0 Å². The highest BCUT2D eigenvalue weighted by Gasteiger charge is 2.53. The number of benzene rings is 2. The Bertz CT molecular complexity index is 600. The molecule has 1 aliphatic heterocycles. The largest absolute Gasteiger partial charge is 0.472 e. The van der Waals surface area contributed by atoms with Crippen molar-refractivity contribution < 1.29 is 9.31 Å². The van der Waals surface area contributed by atoms with Gasteiger partial charge >= 0.3 is 7.12 Å². The first-order valence-electron chi connectivity index (χ1n) is 8.49. The summed E-state index contributed by atoms with van der Waals surface area (Å²) in [4.78, 5) is 1.24. The predicted octanol–water partition coefficient (Wildman–Crippen LogP) is 5.02. The molecule has 0 spiro atoms. The topological polar surface area (TPSA) is 18.5 Å². The number of hydrogen-bond acceptors (Lipinski definition) is 3. The van der Waals surface area contributed by atoms with Crippen molar-refractivity contribution in [1.82, 2.24) is 0 Å². The summed E-state index contributed by atoms with van der Waals surface area (Å²) >= 11 is 1.83. The number of thioether (sulfide) groups is 1. The summed E-state index contributed by atoms with van der Waals surface area (Å²) in [6, 6.07) is 21.1. The molecule has 1 unspecified atom stereocenters. The van der Waals surface area contributed by atoms with E-state index >= 15 is 0 Å². The Morgan fingerprint density at radius 3 is 1.88 bits per heavy atom. The summed E-state index contributed by atoms with van der Waals surface area (Å²) in [5.41, 5.74) is 0.703. The van der Waals surface area contributed by atoms with Gasteiger partial charge in [-0.15, -0.1) is 11.8 Å². The van der Waals surface area contributed by atoms with Gasteiger partial charge in [-0.2, -0.15) is 0 Å². The summed E-state index contributed by atoms with van der Waals surface area (Å²) in [7, 11) is -0.222. The molecule has 3 rings (SSSR count). The molecular weight excluding hydrogens is 315 g/mol. The lowest BCUT2D eigenvalue weighted by Gasteiger charge is -2.32. The van der Waals surface area contributed by atoms with Crippen LogP contribution in [0.2, 0.25) is 0 Å². The van der Waals surface area contributed by atoms with E-state index in [1.165, 1.54) is 10.5 Å². The lowest BCUT2D eigenvalue weighted by Crippen LogP contribution is -2.41. The third kappa shape index (κ3) is 3.88. The molecule has 0 amide bonds. The molecule has 0 bridgehead atoms. The minimum atomic E-state index is -0.302. The van der Waals surface area contributed by atoms with E-state index in [1.807, 2.05) is 17.8 Å². The van der Waals surface area contributed by atoms with Gasteiger partial charge in [0.05, 0.1) is 11.2 Å². The molecule has 4 heteroatoms. The SMILES string of the molecule is CC1(C)OB(C(Cc2ccccc2)Sc2ccccc2)OC1(C)C. The van der Waals surface area contributed by atoms with Gasteiger partial charge < -0.3 is 9.31 Å². The van der Waals surface area contributed by atoms with E-state index in [1.54, 1.807) is 0 Å². The van der Waals surface area contributed by atoms with Crippen LogP contribution in [0.25, 0.3) is 0 Å². The number of hydrogen-bond donors (Lipinski definition) is 0. The van der Waals surface area contributed by atoms with Crippen LogP contribution in [0.1, 0.15) is 33.3 Å². The summed E-state index contributed by atoms with van der Waals surface area (Å²) in [5.74, 6) is 0. The Morgan fingerprint density at radius 2 is 1.33 bits per heavy atom. The molecule has 2 nitrogen and oxygen atoms in total. The van der Waals surface area contributed by atoms with Gasteiger partial charge in [0, 0.05) is 10.0 Å². The van der Waals surface area contributed by atoms with Crippen LogP contribution >= 0.6 is 11.8 Å². The zero-order valence-corrected chi connectivity index (χ0v) is 15.7. The van der Waals surface area contributed by atoms with Crippen molar-refractivity contribution in [3.05, 3.63) is 66.2 Å². The van der Waals surface area contributed by atoms with Gasteiger partial charge in [0.1, 0.15) is 0 Å². The van der Waals surface area contributed by atoms with E-state index in [-0.39, 0.29) is 23.5 Å². The fraction of sp³-hybridized carbons (Fsp3) is 0.400. The Morgan fingerprint density at radius 1 is 0.833 bits per heavy atom. The van der Waals surface area contributed by atoms with Crippen molar-refractivity contribution >= 4 is 18.9 Å². The van der Waals surface area contributed by atoms with Crippen molar-refractivity contribution in [3.8, 4) is 0 Å². The highest BCUT2D eigenvalue weighted by Crippen LogP contribution is 2.41. The van der Waals surface area contributed by atoms with Gasteiger partial charge in [-0.3, -0.25) is 0 Å². The normalized spacial score (nSPS) is 20.1. The third-order valence-electron chi connectivity index (χ3n) is 4.89. The molecule has 1 atom stereocenters. The second-order valence-electron chi connectivity index (χ2n) is 7.28. The fourth-order valence-corrected chi connectivity index (χ4v) is 3.92. The lowest BCUT2D eigenvalue weighted by atomic mass is 9.80. The standard InChI is InChI=1S/C20H25BO2S/c1-19(2)20(3,4)23-21(22-19)18(15-16-11-7-5-8-12-16)24-17-13-9-6-10-14-17/h5-14,18H,15H2,1-4H3. The fourth-order valence-electron chi connectivity index (χ4n) is 2.75. The Hall–Kier alpha value is -1.23. The Balaban J connectivity index is 1.82. The average molecular weight is 340 g/mol. The van der Waals surface area contributed by atoms with Crippen LogP contribution in [-0.2, 0) is 15.7 Å². The molecule has 126 valence electrons. The van der Waals surface area contributed by atoms with Crippen LogP contribution in [-0.4, -0.2) is 23.5 Å². The first-order chi connectivity index (χ1) is 11.4. The van der Waals surface area contributed by atoms with Crippen LogP contribution < -0.4 is 0 Å². The molecule has 1 aliphatic rings. The first-order valence-corrected chi connectivity index (χ1v) is 9.37. The summed E-state index contributed by atoms with van der Waals surface area (Å²) in [6.45, 7) is 8.44. The molecule has 1 heterocycles. The zero-order chi connectivity index (χ0) is 17.2. The molecule has 0 aliphatic carbocycles. The van der Waals surface area contributed by atoms with Crippen LogP contribution in [0.3, 0.4) is 0 Å². The maximum atomic E-state index is 6.33. The molecule has 0 saturated carbocycles. The maximum absolute atomic E-state index is 6.33. The first kappa shape index (κ1) is 17.6. The van der Waals surface area contributed by atoms with Crippen molar-refractivity contribution in [3.63, 3.8) is 0 Å². The molecule has 2 aromatic carbocycles. The second kappa shape index (κ2) is 6.95. The predicted molar refractivity (Wildman–Crippen MR) is 102 cm³/mol. The van der Waals surface area contributed by atoms with E-state index in [9.17, 15) is 0 Å². The van der Waals surface area contributed by atoms with Crippen LogP contribution in [0, 0.1) is 0 Å². The minimum Gasteiger partial charge on any atom is -0.402 e. The maximum Gasteiger partial charge on any atom is 0.472 e. The molecule has 2 aromatic rings. The van der Waals surface area contributed by atoms with E-state index in [0.717, 1.165) is 6.42 Å². The van der Waals surface area contributed by atoms with Crippen LogP contribution in [0.5, 0.6) is 0 Å². The van der Waals surface area contributed by atoms with Crippen molar-refractivity contribution in [1.29, 1.82) is 0 Å². The Kier molecular flexibility index (Phi) is 5.09. The van der Waals surface area contributed by atoms with Crippen LogP contribution in [0.15, 0.2) is 65.6 Å².